The van der Waals surface area contributed by atoms with E-state index in [0.717, 1.165) is 27.4 Å². The Morgan fingerprint density at radius 1 is 0.705 bits per heavy atom. The number of carbonyl (C=O) groups excluding carboxylic acids is 3. The van der Waals surface area contributed by atoms with Gasteiger partial charge in [0.05, 0.1) is 12.6 Å². The second-order valence-corrected chi connectivity index (χ2v) is 10.4. The summed E-state index contributed by atoms with van der Waals surface area (Å²) in [5.41, 5.74) is 9.45. The van der Waals surface area contributed by atoms with Crippen molar-refractivity contribution in [1.29, 1.82) is 0 Å². The van der Waals surface area contributed by atoms with Gasteiger partial charge in [0.15, 0.2) is 0 Å². The Balaban J connectivity index is 1.50. The van der Waals surface area contributed by atoms with Gasteiger partial charge in [0.25, 0.3) is 0 Å². The van der Waals surface area contributed by atoms with Crippen LogP contribution in [0.25, 0.3) is 21.8 Å². The van der Waals surface area contributed by atoms with E-state index in [1.54, 1.807) is 12.4 Å². The molecule has 0 radical (unpaired) electrons. The number of aromatic nitrogens is 2. The van der Waals surface area contributed by atoms with Crippen LogP contribution in [0.3, 0.4) is 0 Å². The number of nitrogens with two attached hydrogens (primary N) is 1. The average molecular weight is 607 g/mol. The highest BCUT2D eigenvalue weighted by Crippen LogP contribution is 2.21. The Hall–Kier alpha value is -5.21. The van der Waals surface area contributed by atoms with Crippen molar-refractivity contribution in [1.82, 2.24) is 25.9 Å². The van der Waals surface area contributed by atoms with E-state index in [-0.39, 0.29) is 12.8 Å². The number of amides is 3. The van der Waals surface area contributed by atoms with Crippen molar-refractivity contribution < 1.29 is 39.3 Å². The minimum atomic E-state index is -1.59. The molecule has 44 heavy (non-hydrogen) atoms. The molecule has 10 N–H and O–H groups in total. The molecule has 0 aliphatic rings. The second kappa shape index (κ2) is 14.3. The number of aliphatic hydroxyl groups excluding tert-OH is 1. The molecule has 2 aromatic heterocycles. The zero-order chi connectivity index (χ0) is 31.8. The average Bonchev–Trinajstić information content (AvgIpc) is 3.61. The quantitative estimate of drug-likeness (QED) is 0.0894. The molecular formula is C30H34N6O8. The number of aliphatic carboxylic acids is 2. The zero-order valence-electron chi connectivity index (χ0n) is 23.6. The summed E-state index contributed by atoms with van der Waals surface area (Å²) in [5.74, 6) is -5.21. The molecule has 14 nitrogen and oxygen atoms in total. The first-order valence-electron chi connectivity index (χ1n) is 13.9. The largest absolute Gasteiger partial charge is 0.481 e. The molecule has 0 aliphatic heterocycles. The summed E-state index contributed by atoms with van der Waals surface area (Å²) in [6.07, 6.45) is 2.70. The Kier molecular flexibility index (Phi) is 10.3. The standard InChI is InChI=1S/C30H34N6O8/c31-20(11-16-13-32-21-7-3-1-5-18(16)21)27(40)35-24(12-17-14-33-22-8-4-2-6-19(17)22)28(41)36-25(15-37)29(42)34-23(30(43)44)9-10-26(38)39/h1-8,13-14,20,23-25,32-33,37H,9-12,15,31H2,(H,34,42)(H,35,40)(H,36,41)(H,38,39)(H,43,44). The van der Waals surface area contributed by atoms with Gasteiger partial charge in [-0.1, -0.05) is 36.4 Å². The molecule has 4 rings (SSSR count). The van der Waals surface area contributed by atoms with Crippen LogP contribution in [0.2, 0.25) is 0 Å². The maximum absolute atomic E-state index is 13.5. The molecule has 0 spiro atoms. The van der Waals surface area contributed by atoms with E-state index in [4.69, 9.17) is 10.8 Å². The van der Waals surface area contributed by atoms with Crippen molar-refractivity contribution >= 4 is 51.5 Å². The van der Waals surface area contributed by atoms with E-state index in [1.807, 2.05) is 48.5 Å². The lowest BCUT2D eigenvalue weighted by Crippen LogP contribution is -2.58. The lowest BCUT2D eigenvalue weighted by atomic mass is 10.0. The molecule has 14 heteroatoms. The first kappa shape index (κ1) is 31.7. The number of hydrogen-bond donors (Lipinski definition) is 9. The highest BCUT2D eigenvalue weighted by atomic mass is 16.4. The number of carboxylic acid groups (broad SMARTS) is 2. The summed E-state index contributed by atoms with van der Waals surface area (Å²) in [5, 5.41) is 37.0. The summed E-state index contributed by atoms with van der Waals surface area (Å²) in [7, 11) is 0. The molecule has 2 aromatic carbocycles. The Labute approximate surface area is 251 Å². The molecule has 0 saturated heterocycles. The first-order chi connectivity index (χ1) is 21.1. The van der Waals surface area contributed by atoms with Crippen LogP contribution < -0.4 is 21.7 Å². The molecule has 0 bridgehead atoms. The zero-order valence-corrected chi connectivity index (χ0v) is 23.6. The topological polar surface area (TPSA) is 240 Å². The predicted molar refractivity (Wildman–Crippen MR) is 159 cm³/mol. The van der Waals surface area contributed by atoms with E-state index >= 15 is 0 Å². The van der Waals surface area contributed by atoms with Crippen LogP contribution in [0, 0.1) is 0 Å². The molecule has 3 amide bonds. The van der Waals surface area contributed by atoms with Crippen LogP contribution in [0.15, 0.2) is 60.9 Å². The number of para-hydroxylation sites is 2. The van der Waals surface area contributed by atoms with E-state index in [2.05, 4.69) is 25.9 Å². The maximum atomic E-state index is 13.5. The highest BCUT2D eigenvalue weighted by molar-refractivity contribution is 5.95. The number of fused-ring (bicyclic) bond motifs is 2. The SMILES string of the molecule is NC(Cc1c[nH]c2ccccc12)C(=O)NC(Cc1c[nH]c2ccccc12)C(=O)NC(CO)C(=O)NC(CCC(=O)O)C(=O)O. The fraction of sp³-hybridized carbons (Fsp3) is 0.300. The number of carboxylic acids is 2. The van der Waals surface area contributed by atoms with Gasteiger partial charge in [0, 0.05) is 47.0 Å². The number of aliphatic hydroxyl groups is 1. The van der Waals surface area contributed by atoms with Crippen molar-refractivity contribution in [2.24, 2.45) is 5.73 Å². The summed E-state index contributed by atoms with van der Waals surface area (Å²) >= 11 is 0. The van der Waals surface area contributed by atoms with E-state index in [1.165, 1.54) is 0 Å². The lowest BCUT2D eigenvalue weighted by Gasteiger charge is -2.24. The minimum absolute atomic E-state index is 0.00246. The number of H-pyrrole nitrogens is 2. The molecule has 232 valence electrons. The van der Waals surface area contributed by atoms with Crippen LogP contribution in [-0.2, 0) is 36.8 Å². The van der Waals surface area contributed by atoms with E-state index in [0.29, 0.717) is 5.56 Å². The van der Waals surface area contributed by atoms with Crippen LogP contribution in [0.1, 0.15) is 24.0 Å². The molecule has 0 aliphatic carbocycles. The summed E-state index contributed by atoms with van der Waals surface area (Å²) < 4.78 is 0. The van der Waals surface area contributed by atoms with Gasteiger partial charge in [-0.25, -0.2) is 4.79 Å². The predicted octanol–water partition coefficient (Wildman–Crippen LogP) is 0.158. The van der Waals surface area contributed by atoms with E-state index < -0.39 is 73.3 Å². The van der Waals surface area contributed by atoms with Gasteiger partial charge >= 0.3 is 11.9 Å². The van der Waals surface area contributed by atoms with E-state index in [9.17, 15) is 34.2 Å². The Morgan fingerprint density at radius 2 is 1.20 bits per heavy atom. The molecule has 2 heterocycles. The molecule has 4 unspecified atom stereocenters. The van der Waals surface area contributed by atoms with Gasteiger partial charge < -0.3 is 47.0 Å². The third-order valence-electron chi connectivity index (χ3n) is 7.26. The van der Waals surface area contributed by atoms with Gasteiger partial charge in [-0.15, -0.1) is 0 Å². The molecule has 4 aromatic rings. The van der Waals surface area contributed by atoms with Crippen molar-refractivity contribution in [3.05, 3.63) is 72.1 Å². The number of rotatable bonds is 15. The van der Waals surface area contributed by atoms with Gasteiger partial charge in [0.2, 0.25) is 17.7 Å². The highest BCUT2D eigenvalue weighted by Gasteiger charge is 2.31. The second-order valence-electron chi connectivity index (χ2n) is 10.4. The third-order valence-corrected chi connectivity index (χ3v) is 7.26. The van der Waals surface area contributed by atoms with Crippen LogP contribution in [0.5, 0.6) is 0 Å². The minimum Gasteiger partial charge on any atom is -0.481 e. The monoisotopic (exact) mass is 606 g/mol. The molecule has 0 saturated carbocycles. The van der Waals surface area contributed by atoms with Gasteiger partial charge in [0.1, 0.15) is 18.1 Å². The number of nitrogens with one attached hydrogen (secondary N) is 5. The molecule has 0 fully saturated rings. The fourth-order valence-corrected chi connectivity index (χ4v) is 4.90. The number of carbonyl (C=O) groups is 5. The lowest BCUT2D eigenvalue weighted by molar-refractivity contribution is -0.143. The Bertz CT molecular complexity index is 1660. The summed E-state index contributed by atoms with van der Waals surface area (Å²) in [4.78, 5) is 68.2. The normalized spacial score (nSPS) is 14.0. The van der Waals surface area contributed by atoms with Gasteiger partial charge in [-0.05, 0) is 36.1 Å². The van der Waals surface area contributed by atoms with Gasteiger partial charge in [-0.3, -0.25) is 19.2 Å². The summed E-state index contributed by atoms with van der Waals surface area (Å²) in [6, 6.07) is 9.46. The Morgan fingerprint density at radius 3 is 1.75 bits per heavy atom. The number of hydrogen-bond acceptors (Lipinski definition) is 7. The first-order valence-corrected chi connectivity index (χ1v) is 13.9. The van der Waals surface area contributed by atoms with Crippen molar-refractivity contribution in [2.45, 2.75) is 49.9 Å². The molecule has 4 atom stereocenters. The van der Waals surface area contributed by atoms with Gasteiger partial charge in [-0.2, -0.15) is 0 Å². The smallest absolute Gasteiger partial charge is 0.326 e. The fourth-order valence-electron chi connectivity index (χ4n) is 4.90. The number of benzene rings is 2. The summed E-state index contributed by atoms with van der Waals surface area (Å²) in [6.45, 7) is -0.892. The van der Waals surface area contributed by atoms with Crippen LogP contribution >= 0.6 is 0 Å². The number of aromatic amines is 2. The van der Waals surface area contributed by atoms with Crippen molar-refractivity contribution in [3.8, 4) is 0 Å². The maximum Gasteiger partial charge on any atom is 0.326 e. The third kappa shape index (κ3) is 7.79. The van der Waals surface area contributed by atoms with Crippen LogP contribution in [-0.4, -0.2) is 85.7 Å². The molecular weight excluding hydrogens is 572 g/mol. The van der Waals surface area contributed by atoms with Crippen molar-refractivity contribution in [2.75, 3.05) is 6.61 Å². The van der Waals surface area contributed by atoms with Crippen molar-refractivity contribution in [3.63, 3.8) is 0 Å². The van der Waals surface area contributed by atoms with Crippen LogP contribution in [0.4, 0.5) is 0 Å².